The van der Waals surface area contributed by atoms with Crippen molar-refractivity contribution < 1.29 is 13.2 Å². The first-order valence-corrected chi connectivity index (χ1v) is 12.2. The van der Waals surface area contributed by atoms with E-state index in [1.807, 2.05) is 35.7 Å². The summed E-state index contributed by atoms with van der Waals surface area (Å²) in [6, 6.07) is 21.1. The van der Waals surface area contributed by atoms with E-state index in [2.05, 4.69) is 14.7 Å². The van der Waals surface area contributed by atoms with Gasteiger partial charge in [-0.05, 0) is 29.8 Å². The van der Waals surface area contributed by atoms with Crippen LogP contribution in [-0.2, 0) is 10.0 Å². The Morgan fingerprint density at radius 2 is 1.81 bits per heavy atom. The third kappa shape index (κ3) is 5.16. The summed E-state index contributed by atoms with van der Waals surface area (Å²) >= 11 is 7.42. The van der Waals surface area contributed by atoms with Crippen molar-refractivity contribution in [1.82, 2.24) is 4.98 Å². The monoisotopic (exact) mass is 483 g/mol. The molecule has 4 rings (SSSR count). The van der Waals surface area contributed by atoms with Gasteiger partial charge in [0.15, 0.2) is 0 Å². The zero-order valence-electron chi connectivity index (χ0n) is 16.9. The Hall–Kier alpha value is -3.20. The lowest BCUT2D eigenvalue weighted by Crippen LogP contribution is -2.13. The minimum atomic E-state index is -3.79. The van der Waals surface area contributed by atoms with E-state index in [9.17, 15) is 8.42 Å². The number of sulfonamides is 1. The molecule has 0 radical (unpaired) electrons. The van der Waals surface area contributed by atoms with Crippen LogP contribution in [0.5, 0.6) is 5.75 Å². The first kappa shape index (κ1) is 22.0. The van der Waals surface area contributed by atoms with Crippen LogP contribution in [0, 0.1) is 0 Å². The molecule has 0 saturated heterocycles. The van der Waals surface area contributed by atoms with Gasteiger partial charge < -0.3 is 4.74 Å². The van der Waals surface area contributed by atoms with Crippen molar-refractivity contribution in [3.63, 3.8) is 0 Å². The van der Waals surface area contributed by atoms with Gasteiger partial charge in [0.05, 0.1) is 22.7 Å². The van der Waals surface area contributed by atoms with Crippen LogP contribution in [0.15, 0.2) is 88.1 Å². The maximum Gasteiger partial charge on any atom is 0.262 e. The van der Waals surface area contributed by atoms with Gasteiger partial charge in [-0.15, -0.1) is 11.3 Å². The molecule has 1 N–H and O–H groups in total. The Labute approximate surface area is 195 Å². The van der Waals surface area contributed by atoms with Gasteiger partial charge in [-0.25, -0.2) is 18.4 Å². The lowest BCUT2D eigenvalue weighted by Gasteiger charge is -2.10. The first-order chi connectivity index (χ1) is 15.4. The van der Waals surface area contributed by atoms with Gasteiger partial charge in [-0.1, -0.05) is 54.1 Å². The summed E-state index contributed by atoms with van der Waals surface area (Å²) in [7, 11) is -2.36. The third-order valence-electron chi connectivity index (χ3n) is 4.48. The number of halogens is 1. The zero-order chi connectivity index (χ0) is 22.6. The fourth-order valence-corrected chi connectivity index (χ4v) is 4.79. The summed E-state index contributed by atoms with van der Waals surface area (Å²) < 4.78 is 33.0. The second kappa shape index (κ2) is 9.52. The highest BCUT2D eigenvalue weighted by atomic mass is 35.5. The van der Waals surface area contributed by atoms with Gasteiger partial charge in [-0.3, -0.25) is 4.72 Å². The molecule has 0 spiro atoms. The summed E-state index contributed by atoms with van der Waals surface area (Å²) in [6.45, 7) is 0. The number of rotatable bonds is 7. The van der Waals surface area contributed by atoms with Crippen molar-refractivity contribution in [2.24, 2.45) is 4.99 Å². The molecule has 162 valence electrons. The van der Waals surface area contributed by atoms with Crippen LogP contribution in [0.4, 0.5) is 10.8 Å². The molecule has 0 aliphatic carbocycles. The van der Waals surface area contributed by atoms with Crippen LogP contribution in [0.2, 0.25) is 5.02 Å². The minimum Gasteiger partial charge on any atom is -0.495 e. The number of hydrogen-bond donors (Lipinski definition) is 1. The van der Waals surface area contributed by atoms with Crippen LogP contribution in [-0.4, -0.2) is 26.7 Å². The largest absolute Gasteiger partial charge is 0.495 e. The van der Waals surface area contributed by atoms with Crippen molar-refractivity contribution in [3.8, 4) is 17.0 Å². The molecule has 1 heterocycles. The van der Waals surface area contributed by atoms with E-state index >= 15 is 0 Å². The van der Waals surface area contributed by atoms with E-state index in [-0.39, 0.29) is 4.90 Å². The van der Waals surface area contributed by atoms with E-state index < -0.39 is 10.0 Å². The number of anilines is 1. The van der Waals surface area contributed by atoms with Crippen molar-refractivity contribution in [2.75, 3.05) is 11.8 Å². The van der Waals surface area contributed by atoms with Crippen LogP contribution in [0.1, 0.15) is 5.56 Å². The number of aliphatic imine (C=N–C) groups is 1. The Balaban J connectivity index is 1.48. The topological polar surface area (TPSA) is 80.7 Å². The molecule has 1 aromatic heterocycles. The SMILES string of the molecule is COc1cc(S(=O)(=O)Nc2ccc(-c3csc(/N=C\c4ccccc4)n3)cc2)ccc1Cl. The van der Waals surface area contributed by atoms with Gasteiger partial charge in [0.1, 0.15) is 5.75 Å². The summed E-state index contributed by atoms with van der Waals surface area (Å²) in [4.78, 5) is 9.00. The normalized spacial score (nSPS) is 11.6. The predicted molar refractivity (Wildman–Crippen MR) is 130 cm³/mol. The summed E-state index contributed by atoms with van der Waals surface area (Å²) in [6.07, 6.45) is 1.77. The molecule has 0 saturated carbocycles. The molecule has 0 bridgehead atoms. The molecule has 0 aliphatic rings. The lowest BCUT2D eigenvalue weighted by molar-refractivity contribution is 0.413. The second-order valence-corrected chi connectivity index (χ2v) is 9.59. The van der Waals surface area contributed by atoms with Crippen LogP contribution >= 0.6 is 22.9 Å². The number of nitrogens with zero attached hydrogens (tertiary/aromatic N) is 2. The summed E-state index contributed by atoms with van der Waals surface area (Å²) in [5.74, 6) is 0.291. The quantitative estimate of drug-likeness (QED) is 0.326. The molecule has 0 aliphatic heterocycles. The Bertz CT molecular complexity index is 1350. The number of nitrogens with one attached hydrogen (secondary N) is 1. The fourth-order valence-electron chi connectivity index (χ4n) is 2.86. The summed E-state index contributed by atoms with van der Waals surface area (Å²) in [5.41, 5.74) is 3.06. The molecule has 0 fully saturated rings. The lowest BCUT2D eigenvalue weighted by atomic mass is 10.1. The Morgan fingerprint density at radius 1 is 1.06 bits per heavy atom. The highest BCUT2D eigenvalue weighted by Crippen LogP contribution is 2.30. The highest BCUT2D eigenvalue weighted by molar-refractivity contribution is 7.92. The molecule has 32 heavy (non-hydrogen) atoms. The molecular weight excluding hydrogens is 466 g/mol. The Kier molecular flexibility index (Phi) is 6.55. The van der Waals surface area contributed by atoms with E-state index in [0.717, 1.165) is 16.8 Å². The minimum absolute atomic E-state index is 0.0586. The van der Waals surface area contributed by atoms with Gasteiger partial charge in [0, 0.05) is 28.9 Å². The number of methoxy groups -OCH3 is 1. The van der Waals surface area contributed by atoms with E-state index in [4.69, 9.17) is 16.3 Å². The first-order valence-electron chi connectivity index (χ1n) is 9.46. The van der Waals surface area contributed by atoms with E-state index in [1.54, 1.807) is 30.5 Å². The molecule has 9 heteroatoms. The van der Waals surface area contributed by atoms with Gasteiger partial charge in [0.2, 0.25) is 5.13 Å². The molecular formula is C23H18ClN3O3S2. The van der Waals surface area contributed by atoms with E-state index in [1.165, 1.54) is 36.6 Å². The smallest absolute Gasteiger partial charge is 0.262 e. The van der Waals surface area contributed by atoms with E-state index in [0.29, 0.717) is 21.6 Å². The zero-order valence-corrected chi connectivity index (χ0v) is 19.3. The maximum absolute atomic E-state index is 12.7. The molecule has 6 nitrogen and oxygen atoms in total. The molecule has 4 aromatic rings. The average Bonchev–Trinajstić information content (AvgIpc) is 3.28. The fraction of sp³-hybridized carbons (Fsp3) is 0.0435. The second-order valence-electron chi connectivity index (χ2n) is 6.66. The summed E-state index contributed by atoms with van der Waals surface area (Å²) in [5, 5.41) is 2.90. The van der Waals surface area contributed by atoms with Crippen LogP contribution in [0.3, 0.4) is 0 Å². The van der Waals surface area contributed by atoms with Crippen LogP contribution in [0.25, 0.3) is 11.3 Å². The number of thiazole rings is 1. The molecule has 0 unspecified atom stereocenters. The highest BCUT2D eigenvalue weighted by Gasteiger charge is 2.16. The number of aromatic nitrogens is 1. The standard InChI is InChI=1S/C23H18ClN3O3S2/c1-30-22-13-19(11-12-20(22)24)32(28,29)27-18-9-7-17(8-10-18)21-15-31-23(26-21)25-14-16-5-3-2-4-6-16/h2-15,27H,1H3/b25-14-. The maximum atomic E-state index is 12.7. The van der Waals surface area contributed by atoms with Gasteiger partial charge in [0.25, 0.3) is 10.0 Å². The predicted octanol–water partition coefficient (Wildman–Crippen LogP) is 6.02. The van der Waals surface area contributed by atoms with Crippen molar-refractivity contribution in [2.45, 2.75) is 4.90 Å². The van der Waals surface area contributed by atoms with Crippen molar-refractivity contribution in [1.29, 1.82) is 0 Å². The average molecular weight is 484 g/mol. The Morgan fingerprint density at radius 3 is 2.53 bits per heavy atom. The van der Waals surface area contributed by atoms with Crippen LogP contribution < -0.4 is 9.46 Å². The molecule has 3 aromatic carbocycles. The molecule has 0 amide bonds. The number of hydrogen-bond acceptors (Lipinski definition) is 6. The van der Waals surface area contributed by atoms with Crippen molar-refractivity contribution >= 4 is 50.0 Å². The molecule has 0 atom stereocenters. The van der Waals surface area contributed by atoms with Crippen molar-refractivity contribution in [3.05, 3.63) is 88.8 Å². The van der Waals surface area contributed by atoms with Gasteiger partial charge >= 0.3 is 0 Å². The third-order valence-corrected chi connectivity index (χ3v) is 6.92. The number of benzene rings is 3. The number of ether oxygens (including phenoxy) is 1. The van der Waals surface area contributed by atoms with Gasteiger partial charge in [-0.2, -0.15) is 0 Å².